The molecule has 6 heteroatoms. The van der Waals surface area contributed by atoms with E-state index in [1.807, 2.05) is 0 Å². The van der Waals surface area contributed by atoms with Crippen LogP contribution in [0.1, 0.15) is 17.3 Å². The minimum Gasteiger partial charge on any atom is -0.322 e. The first-order valence-corrected chi connectivity index (χ1v) is 7.07. The highest BCUT2D eigenvalue weighted by Gasteiger charge is 2.17. The van der Waals surface area contributed by atoms with E-state index in [-0.39, 0.29) is 12.0 Å². The third-order valence-corrected chi connectivity index (χ3v) is 3.74. The molecule has 0 bridgehead atoms. The lowest BCUT2D eigenvalue weighted by Gasteiger charge is -2.14. The fourth-order valence-electron chi connectivity index (χ4n) is 1.74. The highest BCUT2D eigenvalue weighted by atomic mass is 79.9. The minimum absolute atomic E-state index is 0.0216. The molecule has 2 aromatic rings. The third kappa shape index (κ3) is 3.38. The van der Waals surface area contributed by atoms with Crippen LogP contribution >= 0.6 is 31.9 Å². The van der Waals surface area contributed by atoms with Gasteiger partial charge in [0.1, 0.15) is 11.6 Å². The minimum atomic E-state index is -0.594. The summed E-state index contributed by atoms with van der Waals surface area (Å²) in [6.45, 7) is 0. The molecule has 2 N–H and O–H groups in total. The molecule has 0 fully saturated rings. The Morgan fingerprint density at radius 2 is 1.84 bits per heavy atom. The van der Waals surface area contributed by atoms with Crippen molar-refractivity contribution in [1.82, 2.24) is 4.98 Å². The second-order valence-electron chi connectivity index (χ2n) is 4.03. The van der Waals surface area contributed by atoms with Gasteiger partial charge in [0, 0.05) is 20.7 Å². The maximum absolute atomic E-state index is 13.6. The van der Waals surface area contributed by atoms with E-state index in [1.165, 1.54) is 18.2 Å². The molecule has 0 saturated heterocycles. The van der Waals surface area contributed by atoms with Crippen molar-refractivity contribution in [2.24, 2.45) is 5.73 Å². The molecule has 0 radical (unpaired) electrons. The van der Waals surface area contributed by atoms with Crippen LogP contribution in [0.2, 0.25) is 0 Å². The Bertz CT molecular complexity index is 585. The molecule has 0 aliphatic heterocycles. The van der Waals surface area contributed by atoms with Gasteiger partial charge in [-0.2, -0.15) is 0 Å². The molecule has 19 heavy (non-hydrogen) atoms. The van der Waals surface area contributed by atoms with Crippen LogP contribution in [0.25, 0.3) is 0 Å². The number of hydrogen-bond donors (Lipinski definition) is 1. The fraction of sp³-hybridized carbons (Fsp3) is 0.154. The third-order valence-electron chi connectivity index (χ3n) is 2.67. The lowest BCUT2D eigenvalue weighted by molar-refractivity contribution is 0.537. The molecule has 2 rings (SSSR count). The van der Waals surface area contributed by atoms with Gasteiger partial charge in [-0.15, -0.1) is 0 Å². The SMILES string of the molecule is NC(Cc1c(F)cccc1F)c1ncc(Br)cc1Br. The number of pyridine rings is 1. The normalized spacial score (nSPS) is 12.5. The molecule has 0 amide bonds. The molecule has 1 unspecified atom stereocenters. The van der Waals surface area contributed by atoms with E-state index in [0.29, 0.717) is 10.2 Å². The average Bonchev–Trinajstić information content (AvgIpc) is 2.33. The van der Waals surface area contributed by atoms with E-state index >= 15 is 0 Å². The smallest absolute Gasteiger partial charge is 0.129 e. The van der Waals surface area contributed by atoms with Crippen LogP contribution < -0.4 is 5.73 Å². The van der Waals surface area contributed by atoms with E-state index in [0.717, 1.165) is 4.47 Å². The number of aromatic nitrogens is 1. The summed E-state index contributed by atoms with van der Waals surface area (Å²) in [7, 11) is 0. The Labute approximate surface area is 126 Å². The van der Waals surface area contributed by atoms with Crippen molar-refractivity contribution in [2.45, 2.75) is 12.5 Å². The lowest BCUT2D eigenvalue weighted by Crippen LogP contribution is -2.17. The number of nitrogens with two attached hydrogens (primary N) is 1. The van der Waals surface area contributed by atoms with E-state index in [1.54, 1.807) is 12.3 Å². The number of hydrogen-bond acceptors (Lipinski definition) is 2. The van der Waals surface area contributed by atoms with Crippen molar-refractivity contribution in [1.29, 1.82) is 0 Å². The van der Waals surface area contributed by atoms with Gasteiger partial charge >= 0.3 is 0 Å². The summed E-state index contributed by atoms with van der Waals surface area (Å²) < 4.78 is 28.6. The Kier molecular flexibility index (Phi) is 4.65. The summed E-state index contributed by atoms with van der Waals surface area (Å²) in [6.07, 6.45) is 1.64. The lowest BCUT2D eigenvalue weighted by atomic mass is 10.0. The van der Waals surface area contributed by atoms with E-state index in [9.17, 15) is 8.78 Å². The average molecular weight is 392 g/mol. The molecule has 0 aliphatic rings. The quantitative estimate of drug-likeness (QED) is 0.854. The van der Waals surface area contributed by atoms with Gasteiger partial charge < -0.3 is 5.73 Å². The van der Waals surface area contributed by atoms with Crippen LogP contribution in [-0.2, 0) is 6.42 Å². The maximum Gasteiger partial charge on any atom is 0.129 e. The van der Waals surface area contributed by atoms with Crippen molar-refractivity contribution in [2.75, 3.05) is 0 Å². The van der Waals surface area contributed by atoms with Gasteiger partial charge in [-0.3, -0.25) is 4.98 Å². The van der Waals surface area contributed by atoms with Gasteiger partial charge in [0.2, 0.25) is 0 Å². The van der Waals surface area contributed by atoms with Crippen LogP contribution in [-0.4, -0.2) is 4.98 Å². The Morgan fingerprint density at radius 3 is 2.42 bits per heavy atom. The van der Waals surface area contributed by atoms with Crippen molar-refractivity contribution in [3.05, 3.63) is 62.3 Å². The first-order chi connectivity index (χ1) is 8.99. The van der Waals surface area contributed by atoms with E-state index < -0.39 is 17.7 Å². The zero-order chi connectivity index (χ0) is 14.0. The molecule has 0 aliphatic carbocycles. The number of rotatable bonds is 3. The summed E-state index contributed by atoms with van der Waals surface area (Å²) in [5, 5.41) is 0. The van der Waals surface area contributed by atoms with Gasteiger partial charge in [0.05, 0.1) is 11.7 Å². The zero-order valence-electron chi connectivity index (χ0n) is 9.71. The van der Waals surface area contributed by atoms with E-state index in [4.69, 9.17) is 5.73 Å². The molecule has 1 atom stereocenters. The highest BCUT2D eigenvalue weighted by Crippen LogP contribution is 2.26. The second-order valence-corrected chi connectivity index (χ2v) is 5.80. The summed E-state index contributed by atoms with van der Waals surface area (Å²) in [5.74, 6) is -1.19. The first-order valence-electron chi connectivity index (χ1n) is 5.48. The summed E-state index contributed by atoms with van der Waals surface area (Å²) in [6, 6.07) is 4.96. The molecule has 1 aromatic heterocycles. The predicted octanol–water partition coefficient (Wildman–Crippen LogP) is 4.13. The number of halogens is 4. The molecular formula is C13H10Br2F2N2. The van der Waals surface area contributed by atoms with Crippen LogP contribution in [0.4, 0.5) is 8.78 Å². The van der Waals surface area contributed by atoms with Gasteiger partial charge in [0.25, 0.3) is 0 Å². The Balaban J connectivity index is 2.28. The standard InChI is InChI=1S/C13H10Br2F2N2/c14-7-4-9(15)13(19-6-7)12(18)5-8-10(16)2-1-3-11(8)17/h1-4,6,12H,5,18H2. The maximum atomic E-state index is 13.6. The first kappa shape index (κ1) is 14.6. The van der Waals surface area contributed by atoms with Crippen LogP contribution in [0.15, 0.2) is 39.4 Å². The van der Waals surface area contributed by atoms with Gasteiger partial charge in [-0.25, -0.2) is 8.78 Å². The van der Waals surface area contributed by atoms with E-state index in [2.05, 4.69) is 36.8 Å². The number of benzene rings is 1. The van der Waals surface area contributed by atoms with Gasteiger partial charge in [0.15, 0.2) is 0 Å². The molecule has 0 saturated carbocycles. The van der Waals surface area contributed by atoms with Crippen molar-refractivity contribution >= 4 is 31.9 Å². The van der Waals surface area contributed by atoms with Gasteiger partial charge in [-0.05, 0) is 56.5 Å². The molecule has 100 valence electrons. The van der Waals surface area contributed by atoms with Crippen molar-refractivity contribution in [3.8, 4) is 0 Å². The fourth-order valence-corrected chi connectivity index (χ4v) is 3.02. The number of nitrogens with zero attached hydrogens (tertiary/aromatic N) is 1. The predicted molar refractivity (Wildman–Crippen MR) is 76.6 cm³/mol. The van der Waals surface area contributed by atoms with Crippen LogP contribution in [0.5, 0.6) is 0 Å². The molecule has 1 heterocycles. The Hall–Kier alpha value is -0.850. The Morgan fingerprint density at radius 1 is 1.21 bits per heavy atom. The molecule has 0 spiro atoms. The zero-order valence-corrected chi connectivity index (χ0v) is 12.9. The van der Waals surface area contributed by atoms with Crippen LogP contribution in [0.3, 0.4) is 0 Å². The van der Waals surface area contributed by atoms with Crippen molar-refractivity contribution < 1.29 is 8.78 Å². The summed E-state index contributed by atoms with van der Waals surface area (Å²) in [5.41, 5.74) is 6.51. The van der Waals surface area contributed by atoms with Crippen LogP contribution in [0, 0.1) is 11.6 Å². The largest absolute Gasteiger partial charge is 0.322 e. The highest BCUT2D eigenvalue weighted by molar-refractivity contribution is 9.11. The monoisotopic (exact) mass is 390 g/mol. The molecule has 2 nitrogen and oxygen atoms in total. The summed E-state index contributed by atoms with van der Waals surface area (Å²) in [4.78, 5) is 4.17. The molecule has 1 aromatic carbocycles. The van der Waals surface area contributed by atoms with Crippen molar-refractivity contribution in [3.63, 3.8) is 0 Å². The van der Waals surface area contributed by atoms with Gasteiger partial charge in [-0.1, -0.05) is 6.07 Å². The topological polar surface area (TPSA) is 38.9 Å². The molecular weight excluding hydrogens is 382 g/mol. The summed E-state index contributed by atoms with van der Waals surface area (Å²) >= 11 is 6.62. The second kappa shape index (κ2) is 6.07.